The van der Waals surface area contributed by atoms with Crippen LogP contribution in [0.5, 0.6) is 0 Å². The molecule has 0 aliphatic heterocycles. The predicted octanol–water partition coefficient (Wildman–Crippen LogP) is 1.80. The molecule has 3 N–H and O–H groups in total. The zero-order chi connectivity index (χ0) is 18.9. The SMILES string of the molecule is OCCNCCNCc1nn(Cc2ccccc2F)nc1-c1ccccc1. The van der Waals surface area contributed by atoms with E-state index in [4.69, 9.17) is 5.11 Å². The molecule has 0 radical (unpaired) electrons. The van der Waals surface area contributed by atoms with Crippen LogP contribution in [-0.4, -0.2) is 46.3 Å². The van der Waals surface area contributed by atoms with Gasteiger partial charge in [-0.2, -0.15) is 15.0 Å². The fourth-order valence-corrected chi connectivity index (χ4v) is 2.76. The van der Waals surface area contributed by atoms with Gasteiger partial charge in [0.05, 0.1) is 13.2 Å². The molecule has 2 aromatic carbocycles. The number of benzene rings is 2. The number of hydrogen-bond donors (Lipinski definition) is 3. The summed E-state index contributed by atoms with van der Waals surface area (Å²) in [5, 5.41) is 24.4. The smallest absolute Gasteiger partial charge is 0.128 e. The van der Waals surface area contributed by atoms with Gasteiger partial charge in [-0.15, -0.1) is 0 Å². The largest absolute Gasteiger partial charge is 0.395 e. The van der Waals surface area contributed by atoms with Gasteiger partial charge in [0, 0.05) is 37.3 Å². The lowest BCUT2D eigenvalue weighted by Crippen LogP contribution is -2.29. The average molecular weight is 369 g/mol. The van der Waals surface area contributed by atoms with Crippen LogP contribution in [0.1, 0.15) is 11.3 Å². The number of nitrogens with one attached hydrogen (secondary N) is 2. The third-order valence-electron chi connectivity index (χ3n) is 4.10. The summed E-state index contributed by atoms with van der Waals surface area (Å²) in [5.74, 6) is -0.259. The number of aromatic nitrogens is 3. The third-order valence-corrected chi connectivity index (χ3v) is 4.10. The number of rotatable bonds is 10. The fourth-order valence-electron chi connectivity index (χ4n) is 2.76. The zero-order valence-corrected chi connectivity index (χ0v) is 15.1. The Morgan fingerprint density at radius 2 is 1.63 bits per heavy atom. The highest BCUT2D eigenvalue weighted by molar-refractivity contribution is 5.60. The Labute approximate surface area is 158 Å². The number of aliphatic hydroxyl groups is 1. The lowest BCUT2D eigenvalue weighted by Gasteiger charge is -2.05. The van der Waals surface area contributed by atoms with Crippen LogP contribution >= 0.6 is 0 Å². The first-order valence-electron chi connectivity index (χ1n) is 9.03. The Bertz CT molecular complexity index is 837. The molecule has 1 aromatic heterocycles. The fraction of sp³-hybridized carbons (Fsp3) is 0.300. The van der Waals surface area contributed by atoms with Gasteiger partial charge in [-0.25, -0.2) is 4.39 Å². The molecule has 0 unspecified atom stereocenters. The van der Waals surface area contributed by atoms with Gasteiger partial charge in [0.25, 0.3) is 0 Å². The minimum Gasteiger partial charge on any atom is -0.395 e. The number of nitrogens with zero attached hydrogens (tertiary/aromatic N) is 3. The zero-order valence-electron chi connectivity index (χ0n) is 15.1. The van der Waals surface area contributed by atoms with E-state index in [0.717, 1.165) is 30.0 Å². The second-order valence-corrected chi connectivity index (χ2v) is 6.13. The van der Waals surface area contributed by atoms with Crippen LogP contribution < -0.4 is 10.6 Å². The summed E-state index contributed by atoms with van der Waals surface area (Å²) in [6, 6.07) is 16.5. The summed E-state index contributed by atoms with van der Waals surface area (Å²) in [6.07, 6.45) is 0. The van der Waals surface area contributed by atoms with Crippen molar-refractivity contribution in [2.75, 3.05) is 26.2 Å². The van der Waals surface area contributed by atoms with Crippen molar-refractivity contribution in [3.05, 3.63) is 71.7 Å². The number of halogens is 1. The van der Waals surface area contributed by atoms with Gasteiger partial charge < -0.3 is 15.7 Å². The summed E-state index contributed by atoms with van der Waals surface area (Å²) in [7, 11) is 0. The van der Waals surface area contributed by atoms with E-state index >= 15 is 0 Å². The Kier molecular flexibility index (Phi) is 7.04. The monoisotopic (exact) mass is 369 g/mol. The van der Waals surface area contributed by atoms with Crippen molar-refractivity contribution in [3.8, 4) is 11.3 Å². The van der Waals surface area contributed by atoms with Crippen LogP contribution in [-0.2, 0) is 13.1 Å². The van der Waals surface area contributed by atoms with Crippen molar-refractivity contribution in [3.63, 3.8) is 0 Å². The maximum absolute atomic E-state index is 13.9. The lowest BCUT2D eigenvalue weighted by molar-refractivity contribution is 0.292. The maximum atomic E-state index is 13.9. The number of aliphatic hydroxyl groups excluding tert-OH is 1. The Morgan fingerprint density at radius 1 is 0.889 bits per heavy atom. The van der Waals surface area contributed by atoms with E-state index in [9.17, 15) is 4.39 Å². The highest BCUT2D eigenvalue weighted by atomic mass is 19.1. The van der Waals surface area contributed by atoms with Crippen molar-refractivity contribution < 1.29 is 9.50 Å². The van der Waals surface area contributed by atoms with E-state index in [1.54, 1.807) is 16.9 Å². The van der Waals surface area contributed by atoms with Gasteiger partial charge in [0.1, 0.15) is 17.2 Å². The van der Waals surface area contributed by atoms with E-state index in [-0.39, 0.29) is 19.0 Å². The topological polar surface area (TPSA) is 75.0 Å². The molecule has 0 atom stereocenters. The maximum Gasteiger partial charge on any atom is 0.128 e. The highest BCUT2D eigenvalue weighted by Gasteiger charge is 2.14. The second kappa shape index (κ2) is 9.91. The molecule has 0 spiro atoms. The molecule has 3 aromatic rings. The van der Waals surface area contributed by atoms with E-state index in [1.807, 2.05) is 36.4 Å². The standard InChI is InChI=1S/C20H24FN5O/c21-18-9-5-4-8-17(18)15-26-24-19(14-23-11-10-22-12-13-27)20(25-26)16-6-2-1-3-7-16/h1-9,22-23,27H,10-15H2. The minimum atomic E-state index is -0.259. The molecule has 0 saturated carbocycles. The molecule has 1 heterocycles. The van der Waals surface area contributed by atoms with Crippen molar-refractivity contribution in [1.29, 1.82) is 0 Å². The quantitative estimate of drug-likeness (QED) is 0.475. The van der Waals surface area contributed by atoms with Gasteiger partial charge in [-0.1, -0.05) is 48.5 Å². The first-order chi connectivity index (χ1) is 13.3. The molecule has 27 heavy (non-hydrogen) atoms. The Hall–Kier alpha value is -2.61. The van der Waals surface area contributed by atoms with Gasteiger partial charge in [0.15, 0.2) is 0 Å². The summed E-state index contributed by atoms with van der Waals surface area (Å²) >= 11 is 0. The predicted molar refractivity (Wildman–Crippen MR) is 103 cm³/mol. The van der Waals surface area contributed by atoms with Crippen LogP contribution in [0.4, 0.5) is 4.39 Å². The van der Waals surface area contributed by atoms with E-state index in [2.05, 4.69) is 20.8 Å². The van der Waals surface area contributed by atoms with Crippen molar-refractivity contribution in [1.82, 2.24) is 25.6 Å². The summed E-state index contributed by atoms with van der Waals surface area (Å²) in [5.41, 5.74) is 3.15. The van der Waals surface area contributed by atoms with Crippen LogP contribution in [0, 0.1) is 5.82 Å². The first kappa shape index (κ1) is 19.2. The molecular weight excluding hydrogens is 345 g/mol. The highest BCUT2D eigenvalue weighted by Crippen LogP contribution is 2.20. The van der Waals surface area contributed by atoms with Crippen LogP contribution in [0.2, 0.25) is 0 Å². The number of hydrogen-bond acceptors (Lipinski definition) is 5. The van der Waals surface area contributed by atoms with Crippen LogP contribution in [0.3, 0.4) is 0 Å². The average Bonchev–Trinajstić information content (AvgIpc) is 3.10. The molecule has 0 saturated heterocycles. The molecule has 6 nitrogen and oxygen atoms in total. The third kappa shape index (κ3) is 5.43. The van der Waals surface area contributed by atoms with E-state index in [0.29, 0.717) is 18.7 Å². The van der Waals surface area contributed by atoms with Crippen LogP contribution in [0.15, 0.2) is 54.6 Å². The molecular formula is C20H24FN5O. The first-order valence-corrected chi connectivity index (χ1v) is 9.03. The normalized spacial score (nSPS) is 11.0. The van der Waals surface area contributed by atoms with E-state index < -0.39 is 0 Å². The van der Waals surface area contributed by atoms with Crippen LogP contribution in [0.25, 0.3) is 11.3 Å². The lowest BCUT2D eigenvalue weighted by atomic mass is 10.1. The molecule has 0 fully saturated rings. The van der Waals surface area contributed by atoms with Gasteiger partial charge in [-0.05, 0) is 6.07 Å². The molecule has 0 bridgehead atoms. The van der Waals surface area contributed by atoms with Gasteiger partial charge in [-0.3, -0.25) is 0 Å². The van der Waals surface area contributed by atoms with Gasteiger partial charge >= 0.3 is 0 Å². The molecule has 0 amide bonds. The minimum absolute atomic E-state index is 0.128. The van der Waals surface area contributed by atoms with E-state index in [1.165, 1.54) is 6.07 Å². The summed E-state index contributed by atoms with van der Waals surface area (Å²) < 4.78 is 13.9. The van der Waals surface area contributed by atoms with Crippen molar-refractivity contribution in [2.24, 2.45) is 0 Å². The molecule has 7 heteroatoms. The molecule has 0 aliphatic carbocycles. The molecule has 142 valence electrons. The molecule has 3 rings (SSSR count). The van der Waals surface area contributed by atoms with Gasteiger partial charge in [0.2, 0.25) is 0 Å². The molecule has 0 aliphatic rings. The second-order valence-electron chi connectivity index (χ2n) is 6.13. The summed E-state index contributed by atoms with van der Waals surface area (Å²) in [6.45, 7) is 3.05. The van der Waals surface area contributed by atoms with Crippen molar-refractivity contribution in [2.45, 2.75) is 13.1 Å². The summed E-state index contributed by atoms with van der Waals surface area (Å²) in [4.78, 5) is 1.54. The Morgan fingerprint density at radius 3 is 2.41 bits per heavy atom. The van der Waals surface area contributed by atoms with Crippen molar-refractivity contribution >= 4 is 0 Å². The Balaban J connectivity index is 1.74.